The van der Waals surface area contributed by atoms with E-state index in [1.165, 1.54) is 6.92 Å². The van der Waals surface area contributed by atoms with Gasteiger partial charge in [0, 0.05) is 18.3 Å². The standard InChI is InChI=1S/C11H13NO3/c1-8(13)9-3-5-10(6-4-9)12(2)7-11(14)15/h3-6H,7H2,1-2H3,(H,14,15). The lowest BCUT2D eigenvalue weighted by molar-refractivity contribution is -0.135. The largest absolute Gasteiger partial charge is 0.480 e. The predicted molar refractivity (Wildman–Crippen MR) is 57.4 cm³/mol. The molecular formula is C11H13NO3. The van der Waals surface area contributed by atoms with Crippen LogP contribution in [0, 0.1) is 0 Å². The molecule has 1 N–H and O–H groups in total. The van der Waals surface area contributed by atoms with E-state index in [4.69, 9.17) is 5.11 Å². The van der Waals surface area contributed by atoms with E-state index in [0.29, 0.717) is 5.56 Å². The Labute approximate surface area is 88.1 Å². The summed E-state index contributed by atoms with van der Waals surface area (Å²) in [5.74, 6) is -0.879. The van der Waals surface area contributed by atoms with Gasteiger partial charge in [-0.25, -0.2) is 0 Å². The van der Waals surface area contributed by atoms with Crippen LogP contribution in [-0.2, 0) is 4.79 Å². The third-order valence-electron chi connectivity index (χ3n) is 2.09. The van der Waals surface area contributed by atoms with Crippen molar-refractivity contribution in [2.24, 2.45) is 0 Å². The number of hydrogen-bond donors (Lipinski definition) is 1. The Morgan fingerprint density at radius 2 is 1.80 bits per heavy atom. The van der Waals surface area contributed by atoms with Crippen LogP contribution in [0.3, 0.4) is 0 Å². The van der Waals surface area contributed by atoms with E-state index in [2.05, 4.69) is 0 Å². The average Bonchev–Trinajstić information content (AvgIpc) is 2.17. The molecule has 0 aliphatic heterocycles. The van der Waals surface area contributed by atoms with Gasteiger partial charge in [-0.15, -0.1) is 0 Å². The second kappa shape index (κ2) is 4.59. The van der Waals surface area contributed by atoms with Crippen molar-refractivity contribution in [3.8, 4) is 0 Å². The SMILES string of the molecule is CC(=O)c1ccc(N(C)CC(=O)O)cc1. The molecule has 0 aliphatic carbocycles. The number of aliphatic carboxylic acids is 1. The lowest BCUT2D eigenvalue weighted by Crippen LogP contribution is -2.24. The summed E-state index contributed by atoms with van der Waals surface area (Å²) >= 11 is 0. The van der Waals surface area contributed by atoms with E-state index in [1.54, 1.807) is 36.2 Å². The van der Waals surface area contributed by atoms with Crippen molar-refractivity contribution < 1.29 is 14.7 Å². The van der Waals surface area contributed by atoms with Gasteiger partial charge in [0.05, 0.1) is 0 Å². The predicted octanol–water partition coefficient (Wildman–Crippen LogP) is 1.41. The molecule has 1 aromatic rings. The van der Waals surface area contributed by atoms with Crippen molar-refractivity contribution in [3.05, 3.63) is 29.8 Å². The molecule has 1 rings (SSSR count). The molecule has 4 heteroatoms. The van der Waals surface area contributed by atoms with Crippen LogP contribution >= 0.6 is 0 Å². The number of benzene rings is 1. The van der Waals surface area contributed by atoms with Crippen LogP contribution in [0.5, 0.6) is 0 Å². The molecule has 80 valence electrons. The number of carbonyl (C=O) groups is 2. The van der Waals surface area contributed by atoms with E-state index in [0.717, 1.165) is 5.69 Å². The Kier molecular flexibility index (Phi) is 3.44. The van der Waals surface area contributed by atoms with Crippen LogP contribution in [0.2, 0.25) is 0 Å². The molecule has 4 nitrogen and oxygen atoms in total. The number of Topliss-reactive ketones (excluding diaryl/α,β-unsaturated/α-hetero) is 1. The van der Waals surface area contributed by atoms with Crippen LogP contribution in [0.15, 0.2) is 24.3 Å². The molecule has 0 unspecified atom stereocenters. The summed E-state index contributed by atoms with van der Waals surface area (Å²) in [6.45, 7) is 1.44. The number of carboxylic acid groups (broad SMARTS) is 1. The van der Waals surface area contributed by atoms with Crippen LogP contribution in [0.4, 0.5) is 5.69 Å². The number of likely N-dealkylation sites (N-methyl/N-ethyl adjacent to an activating group) is 1. The number of carboxylic acids is 1. The van der Waals surface area contributed by atoms with Gasteiger partial charge in [-0.1, -0.05) is 0 Å². The van der Waals surface area contributed by atoms with Gasteiger partial charge in [0.25, 0.3) is 0 Å². The summed E-state index contributed by atoms with van der Waals surface area (Å²) in [6.07, 6.45) is 0. The van der Waals surface area contributed by atoms with Gasteiger partial charge < -0.3 is 10.0 Å². The molecule has 0 aliphatic rings. The average molecular weight is 207 g/mol. The molecule has 0 aromatic heterocycles. The summed E-state index contributed by atoms with van der Waals surface area (Å²) < 4.78 is 0. The topological polar surface area (TPSA) is 57.6 Å². The zero-order chi connectivity index (χ0) is 11.4. The molecule has 0 fully saturated rings. The van der Waals surface area contributed by atoms with Gasteiger partial charge in [-0.05, 0) is 31.2 Å². The molecule has 1 aromatic carbocycles. The number of anilines is 1. The third kappa shape index (κ3) is 3.09. The minimum Gasteiger partial charge on any atom is -0.480 e. The van der Waals surface area contributed by atoms with Crippen molar-refractivity contribution in [2.75, 3.05) is 18.5 Å². The molecule has 15 heavy (non-hydrogen) atoms. The van der Waals surface area contributed by atoms with Gasteiger partial charge in [0.2, 0.25) is 0 Å². The Morgan fingerprint density at radius 3 is 2.20 bits per heavy atom. The molecule has 0 bridgehead atoms. The highest BCUT2D eigenvalue weighted by atomic mass is 16.4. The van der Waals surface area contributed by atoms with Crippen LogP contribution < -0.4 is 4.90 Å². The number of carbonyl (C=O) groups excluding carboxylic acids is 1. The first-order valence-corrected chi connectivity index (χ1v) is 4.54. The summed E-state index contributed by atoms with van der Waals surface area (Å²) in [4.78, 5) is 23.1. The molecule has 0 spiro atoms. The van der Waals surface area contributed by atoms with Crippen molar-refractivity contribution >= 4 is 17.4 Å². The zero-order valence-electron chi connectivity index (χ0n) is 8.73. The molecule has 0 amide bonds. The first-order chi connectivity index (χ1) is 7.00. The fourth-order valence-corrected chi connectivity index (χ4v) is 1.24. The normalized spacial score (nSPS) is 9.73. The maximum Gasteiger partial charge on any atom is 0.323 e. The Bertz CT molecular complexity index is 370. The molecule has 0 saturated carbocycles. The van der Waals surface area contributed by atoms with Crippen LogP contribution in [0.1, 0.15) is 17.3 Å². The van der Waals surface area contributed by atoms with E-state index < -0.39 is 5.97 Å². The summed E-state index contributed by atoms with van der Waals surface area (Å²) in [5, 5.41) is 8.59. The quantitative estimate of drug-likeness (QED) is 0.758. The van der Waals surface area contributed by atoms with Gasteiger partial charge in [0.1, 0.15) is 6.54 Å². The summed E-state index contributed by atoms with van der Waals surface area (Å²) in [7, 11) is 1.69. The molecular weight excluding hydrogens is 194 g/mol. The number of rotatable bonds is 4. The highest BCUT2D eigenvalue weighted by Crippen LogP contribution is 2.13. The van der Waals surface area contributed by atoms with E-state index >= 15 is 0 Å². The Balaban J connectivity index is 2.79. The van der Waals surface area contributed by atoms with Crippen molar-refractivity contribution in [1.82, 2.24) is 0 Å². The smallest absolute Gasteiger partial charge is 0.323 e. The van der Waals surface area contributed by atoms with E-state index in [9.17, 15) is 9.59 Å². The van der Waals surface area contributed by atoms with Gasteiger partial charge >= 0.3 is 5.97 Å². The summed E-state index contributed by atoms with van der Waals surface area (Å²) in [6, 6.07) is 6.85. The van der Waals surface area contributed by atoms with Gasteiger partial charge in [-0.2, -0.15) is 0 Å². The molecule has 0 heterocycles. The molecule has 0 atom stereocenters. The Morgan fingerprint density at radius 1 is 1.27 bits per heavy atom. The third-order valence-corrected chi connectivity index (χ3v) is 2.09. The fraction of sp³-hybridized carbons (Fsp3) is 0.273. The van der Waals surface area contributed by atoms with Gasteiger partial charge in [-0.3, -0.25) is 9.59 Å². The van der Waals surface area contributed by atoms with Crippen molar-refractivity contribution in [2.45, 2.75) is 6.92 Å². The van der Waals surface area contributed by atoms with E-state index in [1.807, 2.05) is 0 Å². The summed E-state index contributed by atoms with van der Waals surface area (Å²) in [5.41, 5.74) is 1.41. The number of hydrogen-bond acceptors (Lipinski definition) is 3. The highest BCUT2D eigenvalue weighted by molar-refractivity contribution is 5.94. The maximum absolute atomic E-state index is 11.0. The highest BCUT2D eigenvalue weighted by Gasteiger charge is 2.06. The Hall–Kier alpha value is -1.84. The van der Waals surface area contributed by atoms with Crippen molar-refractivity contribution in [3.63, 3.8) is 0 Å². The van der Waals surface area contributed by atoms with Crippen molar-refractivity contribution in [1.29, 1.82) is 0 Å². The van der Waals surface area contributed by atoms with E-state index in [-0.39, 0.29) is 12.3 Å². The lowest BCUT2D eigenvalue weighted by atomic mass is 10.1. The zero-order valence-corrected chi connectivity index (χ0v) is 8.73. The first kappa shape index (κ1) is 11.2. The van der Waals surface area contributed by atoms with Crippen LogP contribution in [0.25, 0.3) is 0 Å². The molecule has 0 saturated heterocycles. The fourth-order valence-electron chi connectivity index (χ4n) is 1.24. The van der Waals surface area contributed by atoms with Gasteiger partial charge in [0.15, 0.2) is 5.78 Å². The lowest BCUT2D eigenvalue weighted by Gasteiger charge is -2.16. The minimum absolute atomic E-state index is 0.00226. The van der Waals surface area contributed by atoms with Crippen LogP contribution in [-0.4, -0.2) is 30.5 Å². The first-order valence-electron chi connectivity index (χ1n) is 4.54. The second-order valence-corrected chi connectivity index (χ2v) is 3.35. The maximum atomic E-state index is 11.0. The number of nitrogens with zero attached hydrogens (tertiary/aromatic N) is 1. The molecule has 0 radical (unpaired) electrons. The number of ketones is 1. The minimum atomic E-state index is -0.881. The monoisotopic (exact) mass is 207 g/mol. The second-order valence-electron chi connectivity index (χ2n) is 3.35.